The average Bonchev–Trinajstić information content (AvgIpc) is 2.67. The maximum Gasteiger partial charge on any atom is 0.159 e. The van der Waals surface area contributed by atoms with Gasteiger partial charge in [-0.05, 0) is 25.7 Å². The molecular formula is C12H21ClN2O. The molecule has 16 heavy (non-hydrogen) atoms. The van der Waals surface area contributed by atoms with Gasteiger partial charge in [-0.2, -0.15) is 5.10 Å². The summed E-state index contributed by atoms with van der Waals surface area (Å²) in [6, 6.07) is 0. The van der Waals surface area contributed by atoms with Crippen molar-refractivity contribution in [1.82, 2.24) is 9.78 Å². The second-order valence-corrected chi connectivity index (χ2v) is 4.83. The van der Waals surface area contributed by atoms with Crippen LogP contribution in [0.25, 0.3) is 0 Å². The van der Waals surface area contributed by atoms with E-state index in [4.69, 9.17) is 16.3 Å². The molecule has 1 aromatic rings. The van der Waals surface area contributed by atoms with Crippen molar-refractivity contribution >= 4 is 11.6 Å². The van der Waals surface area contributed by atoms with Crippen molar-refractivity contribution in [3.05, 3.63) is 11.9 Å². The van der Waals surface area contributed by atoms with Gasteiger partial charge in [-0.1, -0.05) is 13.8 Å². The lowest BCUT2D eigenvalue weighted by atomic mass is 10.0. The highest BCUT2D eigenvalue weighted by atomic mass is 35.5. The van der Waals surface area contributed by atoms with Crippen molar-refractivity contribution in [2.45, 2.75) is 45.5 Å². The summed E-state index contributed by atoms with van der Waals surface area (Å²) in [7, 11) is 1.68. The molecule has 0 N–H and O–H groups in total. The molecule has 1 aromatic heterocycles. The Morgan fingerprint density at radius 2 is 2.19 bits per heavy atom. The maximum atomic E-state index is 6.25. The zero-order valence-electron chi connectivity index (χ0n) is 10.5. The molecule has 1 unspecified atom stereocenters. The summed E-state index contributed by atoms with van der Waals surface area (Å²) in [5.41, 5.74) is 1.15. The molecule has 0 bridgehead atoms. The fraction of sp³-hybridized carbons (Fsp3) is 0.750. The van der Waals surface area contributed by atoms with Crippen LogP contribution in [-0.2, 0) is 13.0 Å². The monoisotopic (exact) mass is 244 g/mol. The normalized spacial score (nSPS) is 13.1. The van der Waals surface area contributed by atoms with Gasteiger partial charge in [0.2, 0.25) is 0 Å². The Kier molecular flexibility index (Phi) is 5.13. The highest BCUT2D eigenvalue weighted by molar-refractivity contribution is 6.20. The molecule has 3 nitrogen and oxygen atoms in total. The van der Waals surface area contributed by atoms with Crippen molar-refractivity contribution in [1.29, 1.82) is 0 Å². The van der Waals surface area contributed by atoms with Gasteiger partial charge >= 0.3 is 0 Å². The van der Waals surface area contributed by atoms with E-state index < -0.39 is 0 Å². The number of hydrogen-bond acceptors (Lipinski definition) is 2. The number of halogens is 1. The lowest BCUT2D eigenvalue weighted by Gasteiger charge is -2.14. The highest BCUT2D eigenvalue weighted by Gasteiger charge is 2.14. The summed E-state index contributed by atoms with van der Waals surface area (Å²) in [6.45, 7) is 7.24. The fourth-order valence-electron chi connectivity index (χ4n) is 1.70. The van der Waals surface area contributed by atoms with Gasteiger partial charge in [-0.3, -0.25) is 4.68 Å². The van der Waals surface area contributed by atoms with E-state index in [2.05, 4.69) is 25.9 Å². The first-order chi connectivity index (χ1) is 7.60. The lowest BCUT2D eigenvalue weighted by Crippen LogP contribution is -2.11. The number of nitrogens with zero attached hydrogens (tertiary/aromatic N) is 2. The summed E-state index contributed by atoms with van der Waals surface area (Å²) in [5.74, 6) is 1.38. The minimum absolute atomic E-state index is 0.213. The molecule has 1 rings (SSSR count). The fourth-order valence-corrected chi connectivity index (χ4v) is 1.81. The molecule has 0 spiro atoms. The predicted octanol–water partition coefficient (Wildman–Crippen LogP) is 3.11. The van der Waals surface area contributed by atoms with Crippen molar-refractivity contribution in [2.75, 3.05) is 7.11 Å². The minimum Gasteiger partial charge on any atom is -0.493 e. The first kappa shape index (κ1) is 13.4. The van der Waals surface area contributed by atoms with Crippen molar-refractivity contribution in [3.8, 4) is 5.75 Å². The zero-order chi connectivity index (χ0) is 12.1. The third-order valence-corrected chi connectivity index (χ3v) is 3.53. The second-order valence-electron chi connectivity index (χ2n) is 4.27. The molecule has 1 atom stereocenters. The van der Waals surface area contributed by atoms with Crippen LogP contribution >= 0.6 is 11.6 Å². The van der Waals surface area contributed by atoms with Crippen molar-refractivity contribution in [3.63, 3.8) is 0 Å². The molecule has 4 heteroatoms. The molecule has 0 aliphatic carbocycles. The van der Waals surface area contributed by atoms with Crippen LogP contribution in [-0.4, -0.2) is 22.3 Å². The van der Waals surface area contributed by atoms with E-state index in [1.807, 2.05) is 4.68 Å². The Bertz CT molecular complexity index is 301. The Morgan fingerprint density at radius 1 is 1.50 bits per heavy atom. The second kappa shape index (κ2) is 6.14. The molecule has 92 valence electrons. The Labute approximate surface area is 103 Å². The average molecular weight is 245 g/mol. The largest absolute Gasteiger partial charge is 0.493 e. The maximum absolute atomic E-state index is 6.25. The summed E-state index contributed by atoms with van der Waals surface area (Å²) < 4.78 is 7.27. The van der Waals surface area contributed by atoms with Gasteiger partial charge < -0.3 is 4.74 Å². The smallest absolute Gasteiger partial charge is 0.159 e. The van der Waals surface area contributed by atoms with Crippen LogP contribution in [0, 0.1) is 5.92 Å². The molecule has 0 amide bonds. The standard InChI is InChI=1S/C12H21ClN2O/c1-5-15-11(12(16-4)8-14-15)7-6-10(13)9(2)3/h8-10H,5-7H2,1-4H3. The number of rotatable bonds is 6. The number of methoxy groups -OCH3 is 1. The van der Waals surface area contributed by atoms with E-state index in [1.165, 1.54) is 0 Å². The summed E-state index contributed by atoms with van der Waals surface area (Å²) in [6.07, 6.45) is 3.65. The first-order valence-electron chi connectivity index (χ1n) is 5.82. The van der Waals surface area contributed by atoms with E-state index >= 15 is 0 Å². The van der Waals surface area contributed by atoms with Gasteiger partial charge in [-0.15, -0.1) is 11.6 Å². The van der Waals surface area contributed by atoms with Crippen molar-refractivity contribution in [2.24, 2.45) is 5.92 Å². The Morgan fingerprint density at radius 3 is 2.69 bits per heavy atom. The van der Waals surface area contributed by atoms with Crippen molar-refractivity contribution < 1.29 is 4.74 Å². The molecule has 0 aromatic carbocycles. The van der Waals surface area contributed by atoms with Gasteiger partial charge in [0.25, 0.3) is 0 Å². The first-order valence-corrected chi connectivity index (χ1v) is 6.26. The quantitative estimate of drug-likeness (QED) is 0.719. The Hall–Kier alpha value is -0.700. The van der Waals surface area contributed by atoms with Gasteiger partial charge in [-0.25, -0.2) is 0 Å². The van der Waals surface area contributed by atoms with Crippen LogP contribution in [0.2, 0.25) is 0 Å². The van der Waals surface area contributed by atoms with Gasteiger partial charge in [0.05, 0.1) is 19.0 Å². The van der Waals surface area contributed by atoms with Crippen LogP contribution in [0.5, 0.6) is 5.75 Å². The SMILES string of the molecule is CCn1ncc(OC)c1CCC(Cl)C(C)C. The number of aryl methyl sites for hydroxylation is 1. The number of ether oxygens (including phenoxy) is 1. The number of aromatic nitrogens is 2. The van der Waals surface area contributed by atoms with E-state index in [1.54, 1.807) is 13.3 Å². The van der Waals surface area contributed by atoms with Gasteiger partial charge in [0.1, 0.15) is 0 Å². The molecule has 0 aliphatic rings. The van der Waals surface area contributed by atoms with E-state index in [0.717, 1.165) is 30.8 Å². The number of alkyl halides is 1. The van der Waals surface area contributed by atoms with E-state index in [-0.39, 0.29) is 5.38 Å². The van der Waals surface area contributed by atoms with E-state index in [0.29, 0.717) is 5.92 Å². The minimum atomic E-state index is 0.213. The predicted molar refractivity (Wildman–Crippen MR) is 67.3 cm³/mol. The molecule has 0 fully saturated rings. The van der Waals surface area contributed by atoms with Crippen LogP contribution in [0.1, 0.15) is 32.9 Å². The van der Waals surface area contributed by atoms with Crippen LogP contribution < -0.4 is 4.74 Å². The highest BCUT2D eigenvalue weighted by Crippen LogP contribution is 2.22. The molecular weight excluding hydrogens is 224 g/mol. The number of hydrogen-bond donors (Lipinski definition) is 0. The van der Waals surface area contributed by atoms with E-state index in [9.17, 15) is 0 Å². The molecule has 0 saturated carbocycles. The molecule has 0 saturated heterocycles. The Balaban J connectivity index is 2.67. The topological polar surface area (TPSA) is 27.1 Å². The van der Waals surface area contributed by atoms with Gasteiger partial charge in [0.15, 0.2) is 5.75 Å². The summed E-state index contributed by atoms with van der Waals surface area (Å²) >= 11 is 6.25. The molecule has 0 radical (unpaired) electrons. The van der Waals surface area contributed by atoms with Crippen LogP contribution in [0.4, 0.5) is 0 Å². The summed E-state index contributed by atoms with van der Waals surface area (Å²) in [5, 5.41) is 4.49. The lowest BCUT2D eigenvalue weighted by molar-refractivity contribution is 0.405. The molecule has 0 aliphatic heterocycles. The van der Waals surface area contributed by atoms with Crippen LogP contribution in [0.15, 0.2) is 6.20 Å². The molecule has 1 heterocycles. The third-order valence-electron chi connectivity index (χ3n) is 2.81. The van der Waals surface area contributed by atoms with Gasteiger partial charge in [0, 0.05) is 11.9 Å². The van der Waals surface area contributed by atoms with Crippen LogP contribution in [0.3, 0.4) is 0 Å². The summed E-state index contributed by atoms with van der Waals surface area (Å²) in [4.78, 5) is 0. The zero-order valence-corrected chi connectivity index (χ0v) is 11.3. The third kappa shape index (κ3) is 3.14.